The predicted molar refractivity (Wildman–Crippen MR) is 127 cm³/mol. The van der Waals surface area contributed by atoms with Crippen LogP contribution < -0.4 is 9.73 Å². The van der Waals surface area contributed by atoms with Crippen LogP contribution in [0.4, 0.5) is 5.69 Å². The fourth-order valence-electron chi connectivity index (χ4n) is 4.18. The highest BCUT2D eigenvalue weighted by Crippen LogP contribution is 2.34. The summed E-state index contributed by atoms with van der Waals surface area (Å²) in [4.78, 5) is 14.5. The third kappa shape index (κ3) is 4.27. The van der Waals surface area contributed by atoms with Crippen molar-refractivity contribution in [2.45, 2.75) is 37.5 Å². The second-order valence-electron chi connectivity index (χ2n) is 7.91. The van der Waals surface area contributed by atoms with Gasteiger partial charge in [-0.15, -0.1) is 11.3 Å². The molecule has 0 amide bonds. The summed E-state index contributed by atoms with van der Waals surface area (Å²) in [5.41, 5.74) is 1.59. The molecule has 3 aromatic rings. The molecule has 0 saturated heterocycles. The van der Waals surface area contributed by atoms with Gasteiger partial charge in [0.1, 0.15) is 0 Å². The Kier molecular flexibility index (Phi) is 6.46. The van der Waals surface area contributed by atoms with E-state index in [1.54, 1.807) is 60.9 Å². The van der Waals surface area contributed by atoms with Crippen LogP contribution in [0.2, 0.25) is 0 Å². The molecule has 1 atom stereocenters. The topological polar surface area (TPSA) is 63.7 Å². The SMILES string of the molecule is CCC1CCc2c(sc3cc(N(CCOC)S(=O)(=O)c4ccccc4)ccc3c2=O)C1. The number of hydrogen-bond donors (Lipinski definition) is 0. The first-order chi connectivity index (χ1) is 15.0. The third-order valence-corrected chi connectivity index (χ3v) is 9.08. The van der Waals surface area contributed by atoms with E-state index in [0.29, 0.717) is 17.0 Å². The van der Waals surface area contributed by atoms with Crippen molar-refractivity contribution in [1.82, 2.24) is 0 Å². The standard InChI is InChI=1S/C24H27NO4S2/c1-3-17-9-11-20-22(15-17)30-23-16-18(10-12-21(23)24(20)26)25(13-14-29-2)31(27,28)19-7-5-4-6-8-19/h4-8,10,12,16-17H,3,9,11,13-15H2,1-2H3. The van der Waals surface area contributed by atoms with Crippen molar-refractivity contribution in [3.63, 3.8) is 0 Å². The number of anilines is 1. The highest BCUT2D eigenvalue weighted by Gasteiger charge is 2.26. The van der Waals surface area contributed by atoms with Crippen LogP contribution in [0.5, 0.6) is 0 Å². The molecule has 0 spiro atoms. The van der Waals surface area contributed by atoms with Gasteiger partial charge in [0.15, 0.2) is 5.43 Å². The molecule has 4 rings (SSSR count). The fraction of sp³-hybridized carbons (Fsp3) is 0.375. The second-order valence-corrected chi connectivity index (χ2v) is 10.9. The van der Waals surface area contributed by atoms with E-state index in [1.165, 1.54) is 4.31 Å². The molecule has 0 radical (unpaired) electrons. The summed E-state index contributed by atoms with van der Waals surface area (Å²) in [5.74, 6) is 0.612. The summed E-state index contributed by atoms with van der Waals surface area (Å²) in [5, 5.41) is 0.672. The molecule has 1 aliphatic rings. The van der Waals surface area contributed by atoms with E-state index in [4.69, 9.17) is 4.74 Å². The summed E-state index contributed by atoms with van der Waals surface area (Å²) in [6.45, 7) is 2.65. The molecule has 0 N–H and O–H groups in total. The van der Waals surface area contributed by atoms with E-state index in [0.717, 1.165) is 40.8 Å². The molecule has 1 unspecified atom stereocenters. The van der Waals surface area contributed by atoms with Gasteiger partial charge in [-0.05, 0) is 55.5 Å². The lowest BCUT2D eigenvalue weighted by molar-refractivity contribution is 0.208. The van der Waals surface area contributed by atoms with Crippen LogP contribution in [0.15, 0.2) is 58.2 Å². The van der Waals surface area contributed by atoms with Gasteiger partial charge in [-0.3, -0.25) is 9.10 Å². The van der Waals surface area contributed by atoms with Crippen LogP contribution in [0, 0.1) is 5.92 Å². The molecule has 1 aliphatic carbocycles. The zero-order valence-electron chi connectivity index (χ0n) is 17.8. The summed E-state index contributed by atoms with van der Waals surface area (Å²) in [6, 6.07) is 13.7. The average molecular weight is 458 g/mol. The molecule has 0 aliphatic heterocycles. The quantitative estimate of drug-likeness (QED) is 0.519. The van der Waals surface area contributed by atoms with E-state index in [9.17, 15) is 13.2 Å². The van der Waals surface area contributed by atoms with Crippen LogP contribution in [0.1, 0.15) is 30.2 Å². The monoisotopic (exact) mass is 457 g/mol. The fourth-order valence-corrected chi connectivity index (χ4v) is 7.00. The van der Waals surface area contributed by atoms with E-state index in [1.807, 2.05) is 6.07 Å². The smallest absolute Gasteiger partial charge is 0.264 e. The maximum Gasteiger partial charge on any atom is 0.264 e. The summed E-state index contributed by atoms with van der Waals surface area (Å²) < 4.78 is 34.1. The van der Waals surface area contributed by atoms with Crippen molar-refractivity contribution < 1.29 is 13.2 Å². The van der Waals surface area contributed by atoms with Gasteiger partial charge in [-0.1, -0.05) is 31.5 Å². The predicted octanol–water partition coefficient (Wildman–Crippen LogP) is 4.62. The largest absolute Gasteiger partial charge is 0.383 e. The van der Waals surface area contributed by atoms with Gasteiger partial charge in [0.05, 0.1) is 23.7 Å². The van der Waals surface area contributed by atoms with Gasteiger partial charge in [0.25, 0.3) is 10.0 Å². The van der Waals surface area contributed by atoms with Gasteiger partial charge < -0.3 is 4.74 Å². The Morgan fingerprint density at radius 3 is 2.65 bits per heavy atom. The molecule has 0 fully saturated rings. The number of rotatable bonds is 7. The summed E-state index contributed by atoms with van der Waals surface area (Å²) in [6.07, 6.45) is 3.94. The van der Waals surface area contributed by atoms with Gasteiger partial charge in [0, 0.05) is 27.6 Å². The minimum atomic E-state index is -3.76. The molecule has 2 aromatic carbocycles. The second kappa shape index (κ2) is 9.10. The Hall–Kier alpha value is -2.22. The number of methoxy groups -OCH3 is 1. The molecule has 5 nitrogen and oxygen atoms in total. The molecular weight excluding hydrogens is 430 g/mol. The number of sulfonamides is 1. The lowest BCUT2D eigenvalue weighted by Gasteiger charge is -2.25. The zero-order chi connectivity index (χ0) is 22.0. The van der Waals surface area contributed by atoms with Gasteiger partial charge >= 0.3 is 0 Å². The average Bonchev–Trinajstić information content (AvgIpc) is 2.79. The lowest BCUT2D eigenvalue weighted by atomic mass is 9.87. The number of fused-ring (bicyclic) bond motifs is 2. The maximum atomic E-state index is 13.4. The number of benzene rings is 2. The van der Waals surface area contributed by atoms with E-state index < -0.39 is 10.0 Å². The molecule has 1 aromatic heterocycles. The van der Waals surface area contributed by atoms with Crippen molar-refractivity contribution in [2.75, 3.05) is 24.6 Å². The molecule has 1 heterocycles. The van der Waals surface area contributed by atoms with Crippen LogP contribution in [0.25, 0.3) is 10.1 Å². The molecule has 0 bridgehead atoms. The van der Waals surface area contributed by atoms with Gasteiger partial charge in [0.2, 0.25) is 0 Å². The minimum absolute atomic E-state index is 0.0965. The van der Waals surface area contributed by atoms with E-state index in [2.05, 4.69) is 6.92 Å². The molecule has 7 heteroatoms. The number of ether oxygens (including phenoxy) is 1. The summed E-state index contributed by atoms with van der Waals surface area (Å²) in [7, 11) is -2.20. The van der Waals surface area contributed by atoms with Crippen molar-refractivity contribution in [2.24, 2.45) is 5.92 Å². The Bertz CT molecular complexity index is 1240. The zero-order valence-corrected chi connectivity index (χ0v) is 19.5. The molecular formula is C24H27NO4S2. The molecule has 164 valence electrons. The lowest BCUT2D eigenvalue weighted by Crippen LogP contribution is -2.34. The van der Waals surface area contributed by atoms with Crippen molar-refractivity contribution in [1.29, 1.82) is 0 Å². The Labute approximate surface area is 187 Å². The highest BCUT2D eigenvalue weighted by molar-refractivity contribution is 7.92. The van der Waals surface area contributed by atoms with Crippen molar-refractivity contribution in [3.8, 4) is 0 Å². The van der Waals surface area contributed by atoms with Crippen molar-refractivity contribution in [3.05, 3.63) is 69.2 Å². The molecule has 0 saturated carbocycles. The van der Waals surface area contributed by atoms with Crippen LogP contribution in [-0.2, 0) is 27.6 Å². The maximum absolute atomic E-state index is 13.4. The van der Waals surface area contributed by atoms with E-state index >= 15 is 0 Å². The first-order valence-corrected chi connectivity index (χ1v) is 12.9. The minimum Gasteiger partial charge on any atom is -0.383 e. The van der Waals surface area contributed by atoms with Gasteiger partial charge in [-0.25, -0.2) is 8.42 Å². The Morgan fingerprint density at radius 1 is 1.16 bits per heavy atom. The molecule has 31 heavy (non-hydrogen) atoms. The summed E-state index contributed by atoms with van der Waals surface area (Å²) >= 11 is 1.63. The first-order valence-electron chi connectivity index (χ1n) is 10.6. The van der Waals surface area contributed by atoms with Crippen molar-refractivity contribution >= 4 is 37.1 Å². The van der Waals surface area contributed by atoms with Crippen LogP contribution in [0.3, 0.4) is 0 Å². The van der Waals surface area contributed by atoms with Crippen LogP contribution >= 0.6 is 11.3 Å². The third-order valence-electron chi connectivity index (χ3n) is 6.03. The highest BCUT2D eigenvalue weighted by atomic mass is 32.2. The first kappa shape index (κ1) is 22.0. The number of nitrogens with zero attached hydrogens (tertiary/aromatic N) is 1. The van der Waals surface area contributed by atoms with Gasteiger partial charge in [-0.2, -0.15) is 0 Å². The van der Waals surface area contributed by atoms with Crippen LogP contribution in [-0.4, -0.2) is 28.7 Å². The Balaban J connectivity index is 1.81. The Morgan fingerprint density at radius 2 is 1.94 bits per heavy atom. The number of hydrogen-bond acceptors (Lipinski definition) is 5. The normalized spacial score (nSPS) is 16.3. The van der Waals surface area contributed by atoms with E-state index in [-0.39, 0.29) is 23.5 Å².